The second-order valence-electron chi connectivity index (χ2n) is 7.82. The van der Waals surface area contributed by atoms with Crippen LogP contribution in [0.1, 0.15) is 49.9 Å². The van der Waals surface area contributed by atoms with Crippen LogP contribution in [0.4, 0.5) is 0 Å². The molecular weight excluding hydrogens is 398 g/mol. The third-order valence-corrected chi connectivity index (χ3v) is 8.25. The van der Waals surface area contributed by atoms with Gasteiger partial charge in [0.25, 0.3) is 5.91 Å². The summed E-state index contributed by atoms with van der Waals surface area (Å²) in [6.45, 7) is 7.48. The molecule has 1 saturated heterocycles. The highest BCUT2D eigenvalue weighted by atomic mass is 35.5. The second kappa shape index (κ2) is 9.11. The molecule has 6 nitrogen and oxygen atoms in total. The Morgan fingerprint density at radius 1 is 1.18 bits per heavy atom. The molecule has 2 atom stereocenters. The molecular formula is C20H30ClN3O3S. The van der Waals surface area contributed by atoms with Gasteiger partial charge in [-0.3, -0.25) is 4.79 Å². The van der Waals surface area contributed by atoms with Crippen LogP contribution in [-0.2, 0) is 10.0 Å². The molecule has 2 unspecified atom stereocenters. The topological polar surface area (TPSA) is 69.7 Å². The summed E-state index contributed by atoms with van der Waals surface area (Å²) in [4.78, 5) is 15.2. The molecule has 1 aliphatic heterocycles. The molecule has 0 radical (unpaired) electrons. The first kappa shape index (κ1) is 21.6. The van der Waals surface area contributed by atoms with E-state index in [2.05, 4.69) is 24.1 Å². The zero-order valence-corrected chi connectivity index (χ0v) is 18.2. The molecule has 156 valence electrons. The molecule has 1 N–H and O–H groups in total. The van der Waals surface area contributed by atoms with Crippen molar-refractivity contribution in [1.29, 1.82) is 0 Å². The van der Waals surface area contributed by atoms with E-state index in [1.54, 1.807) is 0 Å². The van der Waals surface area contributed by atoms with Crippen molar-refractivity contribution in [1.82, 2.24) is 14.5 Å². The van der Waals surface area contributed by atoms with Crippen LogP contribution >= 0.6 is 11.6 Å². The van der Waals surface area contributed by atoms with Crippen molar-refractivity contribution in [2.75, 3.05) is 32.7 Å². The Morgan fingerprint density at radius 2 is 1.86 bits per heavy atom. The maximum absolute atomic E-state index is 13.0. The first-order chi connectivity index (χ1) is 13.3. The van der Waals surface area contributed by atoms with Crippen LogP contribution in [0, 0.1) is 5.92 Å². The predicted octanol–water partition coefficient (Wildman–Crippen LogP) is 2.97. The van der Waals surface area contributed by atoms with Crippen molar-refractivity contribution in [3.05, 3.63) is 28.8 Å². The summed E-state index contributed by atoms with van der Waals surface area (Å²) in [6.07, 6.45) is 4.33. The van der Waals surface area contributed by atoms with Crippen LogP contribution in [0.2, 0.25) is 5.02 Å². The standard InChI is InChI=1S/C20H30ClN3O3S/c1-3-23-10-12-24(13-11-23)28(26,27)16-8-9-18(21)17(14-16)20(25)22-19-7-5-4-6-15(19)2/h8-9,14-15,19H,3-7,10-13H2,1-2H3,(H,22,25). The van der Waals surface area contributed by atoms with Gasteiger partial charge in [-0.25, -0.2) is 8.42 Å². The Morgan fingerprint density at radius 3 is 2.50 bits per heavy atom. The maximum atomic E-state index is 13.0. The highest BCUT2D eigenvalue weighted by Crippen LogP contribution is 2.27. The summed E-state index contributed by atoms with van der Waals surface area (Å²) >= 11 is 6.24. The van der Waals surface area contributed by atoms with Crippen molar-refractivity contribution in [2.45, 2.75) is 50.5 Å². The molecule has 8 heteroatoms. The number of carbonyl (C=O) groups is 1. The lowest BCUT2D eigenvalue weighted by Crippen LogP contribution is -2.48. The van der Waals surface area contributed by atoms with Crippen molar-refractivity contribution < 1.29 is 13.2 Å². The molecule has 2 fully saturated rings. The average Bonchev–Trinajstić information content (AvgIpc) is 2.70. The van der Waals surface area contributed by atoms with Crippen molar-refractivity contribution >= 4 is 27.5 Å². The highest BCUT2D eigenvalue weighted by Gasteiger charge is 2.30. The molecule has 28 heavy (non-hydrogen) atoms. The SMILES string of the molecule is CCN1CCN(S(=O)(=O)c2ccc(Cl)c(C(=O)NC3CCCCC3C)c2)CC1. The van der Waals surface area contributed by atoms with Gasteiger partial charge in [-0.15, -0.1) is 0 Å². The van der Waals surface area contributed by atoms with Crippen LogP contribution in [0.3, 0.4) is 0 Å². The summed E-state index contributed by atoms with van der Waals surface area (Å²) in [7, 11) is -3.64. The van der Waals surface area contributed by atoms with E-state index in [0.29, 0.717) is 19.0 Å². The number of sulfonamides is 1. The number of hydrogen-bond acceptors (Lipinski definition) is 4. The first-order valence-electron chi connectivity index (χ1n) is 10.2. The van der Waals surface area contributed by atoms with E-state index in [1.165, 1.54) is 28.9 Å². The van der Waals surface area contributed by atoms with E-state index in [4.69, 9.17) is 11.6 Å². The molecule has 1 heterocycles. The van der Waals surface area contributed by atoms with E-state index in [0.717, 1.165) is 38.9 Å². The molecule has 0 aromatic heterocycles. The molecule has 1 amide bonds. The summed E-state index contributed by atoms with van der Waals surface area (Å²) < 4.78 is 27.6. The monoisotopic (exact) mass is 427 g/mol. The number of benzene rings is 1. The predicted molar refractivity (Wildman–Crippen MR) is 111 cm³/mol. The highest BCUT2D eigenvalue weighted by molar-refractivity contribution is 7.89. The Labute approximate surface area is 173 Å². The maximum Gasteiger partial charge on any atom is 0.253 e. The number of hydrogen-bond donors (Lipinski definition) is 1. The quantitative estimate of drug-likeness (QED) is 0.784. The number of piperazine rings is 1. The number of likely N-dealkylation sites (N-methyl/N-ethyl adjacent to an activating group) is 1. The van der Waals surface area contributed by atoms with Gasteiger partial charge in [-0.05, 0) is 43.5 Å². The fourth-order valence-corrected chi connectivity index (χ4v) is 5.70. The molecule has 2 aliphatic rings. The summed E-state index contributed by atoms with van der Waals surface area (Å²) in [6, 6.07) is 4.53. The fourth-order valence-electron chi connectivity index (χ4n) is 4.05. The van der Waals surface area contributed by atoms with Crippen molar-refractivity contribution in [3.63, 3.8) is 0 Å². The van der Waals surface area contributed by atoms with E-state index in [-0.39, 0.29) is 27.4 Å². The average molecular weight is 428 g/mol. The van der Waals surface area contributed by atoms with E-state index < -0.39 is 10.0 Å². The summed E-state index contributed by atoms with van der Waals surface area (Å²) in [5.74, 6) is 0.120. The molecule has 1 aliphatic carbocycles. The van der Waals surface area contributed by atoms with Crippen LogP contribution < -0.4 is 5.32 Å². The van der Waals surface area contributed by atoms with Gasteiger partial charge in [0.05, 0.1) is 15.5 Å². The molecule has 3 rings (SSSR count). The van der Waals surface area contributed by atoms with Crippen molar-refractivity contribution in [2.24, 2.45) is 5.92 Å². The first-order valence-corrected chi connectivity index (χ1v) is 12.0. The van der Waals surface area contributed by atoms with Gasteiger partial charge in [0.2, 0.25) is 10.0 Å². The number of rotatable bonds is 5. The van der Waals surface area contributed by atoms with E-state index in [1.807, 2.05) is 0 Å². The lowest BCUT2D eigenvalue weighted by Gasteiger charge is -2.33. The van der Waals surface area contributed by atoms with Crippen LogP contribution in [0.5, 0.6) is 0 Å². The summed E-state index contributed by atoms with van der Waals surface area (Å²) in [5, 5.41) is 3.33. The van der Waals surface area contributed by atoms with E-state index in [9.17, 15) is 13.2 Å². The van der Waals surface area contributed by atoms with Gasteiger partial charge in [-0.2, -0.15) is 4.31 Å². The minimum Gasteiger partial charge on any atom is -0.349 e. The van der Waals surface area contributed by atoms with Gasteiger partial charge < -0.3 is 10.2 Å². The fraction of sp³-hybridized carbons (Fsp3) is 0.650. The lowest BCUT2D eigenvalue weighted by atomic mass is 9.86. The molecule has 1 aromatic rings. The van der Waals surface area contributed by atoms with Crippen LogP contribution in [0.15, 0.2) is 23.1 Å². The third-order valence-electron chi connectivity index (χ3n) is 6.03. The number of amides is 1. The van der Waals surface area contributed by atoms with Gasteiger partial charge in [0.15, 0.2) is 0 Å². The number of nitrogens with zero attached hydrogens (tertiary/aromatic N) is 2. The smallest absolute Gasteiger partial charge is 0.253 e. The number of halogens is 1. The van der Waals surface area contributed by atoms with Crippen LogP contribution in [-0.4, -0.2) is 62.3 Å². The van der Waals surface area contributed by atoms with Crippen LogP contribution in [0.25, 0.3) is 0 Å². The van der Waals surface area contributed by atoms with Crippen molar-refractivity contribution in [3.8, 4) is 0 Å². The third kappa shape index (κ3) is 4.70. The lowest BCUT2D eigenvalue weighted by molar-refractivity contribution is 0.0910. The molecule has 0 spiro atoms. The Bertz CT molecular complexity index is 807. The normalized spacial score (nSPS) is 24.8. The minimum absolute atomic E-state index is 0.111. The Balaban J connectivity index is 1.78. The van der Waals surface area contributed by atoms with Gasteiger partial charge >= 0.3 is 0 Å². The number of nitrogens with one attached hydrogen (secondary N) is 1. The second-order valence-corrected chi connectivity index (χ2v) is 10.2. The number of carbonyl (C=O) groups excluding carboxylic acids is 1. The molecule has 0 bridgehead atoms. The molecule has 1 saturated carbocycles. The van der Waals surface area contributed by atoms with E-state index >= 15 is 0 Å². The van der Waals surface area contributed by atoms with Gasteiger partial charge in [-0.1, -0.05) is 38.3 Å². The van der Waals surface area contributed by atoms with Gasteiger partial charge in [0.1, 0.15) is 0 Å². The van der Waals surface area contributed by atoms with Gasteiger partial charge in [0, 0.05) is 32.2 Å². The zero-order valence-electron chi connectivity index (χ0n) is 16.7. The largest absolute Gasteiger partial charge is 0.349 e. The Hall–Kier alpha value is -1.15. The summed E-state index contributed by atoms with van der Waals surface area (Å²) in [5.41, 5.74) is 0.229. The Kier molecular flexibility index (Phi) is 7.02. The minimum atomic E-state index is -3.64. The molecule has 1 aromatic carbocycles. The zero-order chi connectivity index (χ0) is 20.3.